The van der Waals surface area contributed by atoms with Gasteiger partial charge in [0.2, 0.25) is 0 Å². The molecule has 5 nitrogen and oxygen atoms in total. The molecule has 0 fully saturated rings. The molecule has 0 aliphatic rings. The molecule has 2 aromatic heterocycles. The molecule has 0 radical (unpaired) electrons. The molecule has 104 valence electrons. The van der Waals surface area contributed by atoms with Crippen LogP contribution in [0.5, 0.6) is 0 Å². The largest absolute Gasteiger partial charge is 0.345 e. The van der Waals surface area contributed by atoms with Gasteiger partial charge in [0, 0.05) is 30.3 Å². The lowest BCUT2D eigenvalue weighted by molar-refractivity contribution is 0.534. The van der Waals surface area contributed by atoms with Crippen LogP contribution >= 0.6 is 25.3 Å². The maximum Gasteiger partial charge on any atom is 0.328 e. The van der Waals surface area contributed by atoms with Crippen molar-refractivity contribution >= 4 is 36.3 Å². The van der Waals surface area contributed by atoms with E-state index < -0.39 is 0 Å². The summed E-state index contributed by atoms with van der Waals surface area (Å²) in [4.78, 5) is 27.0. The summed E-state index contributed by atoms with van der Waals surface area (Å²) in [5, 5.41) is 0. The molecule has 0 amide bonds. The summed E-state index contributed by atoms with van der Waals surface area (Å²) in [7, 11) is 1.78. The van der Waals surface area contributed by atoms with Crippen molar-refractivity contribution in [2.24, 2.45) is 7.05 Å². The standard InChI is InChI=1S/C12H17N3O2S2/c1-12(19,7-18)4-6-15-10(16)9-8(13-11(15)17)3-5-14(9)2/h3,5,18-19H,4,6-7H2,1-2H3,(H,13,17). The number of thiol groups is 2. The summed E-state index contributed by atoms with van der Waals surface area (Å²) in [6, 6.07) is 1.72. The minimum absolute atomic E-state index is 0.269. The van der Waals surface area contributed by atoms with E-state index in [1.807, 2.05) is 6.92 Å². The third-order valence-corrected chi connectivity index (χ3v) is 4.55. The van der Waals surface area contributed by atoms with Crippen LogP contribution in [0.15, 0.2) is 21.9 Å². The fourth-order valence-corrected chi connectivity index (χ4v) is 2.19. The molecular weight excluding hydrogens is 282 g/mol. The molecule has 1 unspecified atom stereocenters. The Morgan fingerprint density at radius 1 is 1.42 bits per heavy atom. The lowest BCUT2D eigenvalue weighted by Gasteiger charge is -2.20. The minimum Gasteiger partial charge on any atom is -0.345 e. The first-order valence-electron chi connectivity index (χ1n) is 5.97. The first kappa shape index (κ1) is 14.3. The van der Waals surface area contributed by atoms with Crippen LogP contribution in [0.3, 0.4) is 0 Å². The number of aryl methyl sites for hydroxylation is 1. The van der Waals surface area contributed by atoms with Gasteiger partial charge in [-0.05, 0) is 19.4 Å². The van der Waals surface area contributed by atoms with E-state index in [1.165, 1.54) is 4.57 Å². The number of nitrogens with one attached hydrogen (secondary N) is 1. The zero-order valence-electron chi connectivity index (χ0n) is 10.9. The number of hydrogen-bond donors (Lipinski definition) is 3. The van der Waals surface area contributed by atoms with Crippen molar-refractivity contribution in [2.45, 2.75) is 24.6 Å². The number of aromatic amines is 1. The van der Waals surface area contributed by atoms with Gasteiger partial charge in [-0.3, -0.25) is 9.36 Å². The molecule has 0 bridgehead atoms. The molecular formula is C12H17N3O2S2. The van der Waals surface area contributed by atoms with Crippen molar-refractivity contribution in [2.75, 3.05) is 5.75 Å². The molecule has 0 saturated carbocycles. The second-order valence-corrected chi connectivity index (χ2v) is 6.38. The summed E-state index contributed by atoms with van der Waals surface area (Å²) in [5.74, 6) is 0.579. The fraction of sp³-hybridized carbons (Fsp3) is 0.500. The van der Waals surface area contributed by atoms with Crippen molar-refractivity contribution in [1.82, 2.24) is 14.1 Å². The molecule has 1 atom stereocenters. The van der Waals surface area contributed by atoms with Crippen molar-refractivity contribution < 1.29 is 0 Å². The summed E-state index contributed by atoms with van der Waals surface area (Å²) in [6.07, 6.45) is 2.35. The maximum absolute atomic E-state index is 12.3. The average molecular weight is 299 g/mol. The monoisotopic (exact) mass is 299 g/mol. The Morgan fingerprint density at radius 3 is 2.74 bits per heavy atom. The van der Waals surface area contributed by atoms with E-state index in [2.05, 4.69) is 30.2 Å². The van der Waals surface area contributed by atoms with Gasteiger partial charge >= 0.3 is 5.69 Å². The zero-order valence-corrected chi connectivity index (χ0v) is 12.7. The molecule has 0 aliphatic heterocycles. The minimum atomic E-state index is -0.382. The Hall–Kier alpha value is -1.08. The lowest BCUT2D eigenvalue weighted by Crippen LogP contribution is -2.37. The van der Waals surface area contributed by atoms with Crippen LogP contribution in [-0.4, -0.2) is 24.6 Å². The Labute approximate surface area is 121 Å². The molecule has 1 N–H and O–H groups in total. The van der Waals surface area contributed by atoms with E-state index in [0.29, 0.717) is 29.8 Å². The molecule has 0 spiro atoms. The first-order valence-corrected chi connectivity index (χ1v) is 7.05. The predicted octanol–water partition coefficient (Wildman–Crippen LogP) is 1.04. The second-order valence-electron chi connectivity index (χ2n) is 4.98. The van der Waals surface area contributed by atoms with E-state index in [1.54, 1.807) is 23.9 Å². The van der Waals surface area contributed by atoms with Gasteiger partial charge in [0.1, 0.15) is 5.52 Å². The van der Waals surface area contributed by atoms with Crippen LogP contribution in [0.25, 0.3) is 11.0 Å². The van der Waals surface area contributed by atoms with Crippen LogP contribution in [0.2, 0.25) is 0 Å². The van der Waals surface area contributed by atoms with Gasteiger partial charge in [0.25, 0.3) is 5.56 Å². The Morgan fingerprint density at radius 2 is 2.11 bits per heavy atom. The smallest absolute Gasteiger partial charge is 0.328 e. The quantitative estimate of drug-likeness (QED) is 0.739. The van der Waals surface area contributed by atoms with E-state index >= 15 is 0 Å². The second kappa shape index (κ2) is 5.13. The average Bonchev–Trinajstić information content (AvgIpc) is 2.70. The van der Waals surface area contributed by atoms with Crippen LogP contribution in [0.4, 0.5) is 0 Å². The Kier molecular flexibility index (Phi) is 3.87. The van der Waals surface area contributed by atoms with Crippen molar-refractivity contribution in [3.63, 3.8) is 0 Å². The molecule has 0 saturated heterocycles. The van der Waals surface area contributed by atoms with E-state index in [-0.39, 0.29) is 16.0 Å². The molecule has 7 heteroatoms. The predicted molar refractivity (Wildman–Crippen MR) is 83.7 cm³/mol. The summed E-state index contributed by atoms with van der Waals surface area (Å²) in [5.41, 5.74) is 0.421. The van der Waals surface area contributed by atoms with Gasteiger partial charge in [-0.1, -0.05) is 0 Å². The summed E-state index contributed by atoms with van der Waals surface area (Å²) < 4.78 is 2.63. The molecule has 0 aliphatic carbocycles. The number of hydrogen-bond acceptors (Lipinski definition) is 4. The van der Waals surface area contributed by atoms with E-state index in [9.17, 15) is 9.59 Å². The third kappa shape index (κ3) is 2.76. The number of aromatic nitrogens is 3. The normalized spacial score (nSPS) is 14.7. The summed E-state index contributed by atoms with van der Waals surface area (Å²) in [6.45, 7) is 2.26. The highest BCUT2D eigenvalue weighted by Gasteiger charge is 2.18. The first-order chi connectivity index (χ1) is 8.85. The molecule has 19 heavy (non-hydrogen) atoms. The van der Waals surface area contributed by atoms with Gasteiger partial charge in [0.15, 0.2) is 0 Å². The lowest BCUT2D eigenvalue weighted by atomic mass is 10.1. The highest BCUT2D eigenvalue weighted by atomic mass is 32.1. The number of nitrogens with zero attached hydrogens (tertiary/aromatic N) is 2. The van der Waals surface area contributed by atoms with Crippen molar-refractivity contribution in [3.05, 3.63) is 33.1 Å². The topological polar surface area (TPSA) is 59.8 Å². The number of fused-ring (bicyclic) bond motifs is 1. The van der Waals surface area contributed by atoms with Gasteiger partial charge < -0.3 is 9.55 Å². The van der Waals surface area contributed by atoms with E-state index in [0.717, 1.165) is 0 Å². The van der Waals surface area contributed by atoms with Crippen LogP contribution in [0, 0.1) is 0 Å². The van der Waals surface area contributed by atoms with Gasteiger partial charge in [-0.2, -0.15) is 25.3 Å². The Balaban J connectivity index is 2.46. The third-order valence-electron chi connectivity index (χ3n) is 3.22. The van der Waals surface area contributed by atoms with E-state index in [4.69, 9.17) is 0 Å². The molecule has 2 heterocycles. The maximum atomic E-state index is 12.3. The molecule has 2 aromatic rings. The molecule has 2 rings (SSSR count). The van der Waals surface area contributed by atoms with Crippen LogP contribution in [-0.2, 0) is 13.6 Å². The SMILES string of the molecule is Cn1ccc2[nH]c(=O)n(CCC(C)(S)CS)c(=O)c21. The highest BCUT2D eigenvalue weighted by Crippen LogP contribution is 2.20. The van der Waals surface area contributed by atoms with Gasteiger partial charge in [0.05, 0.1) is 5.52 Å². The molecule has 0 aromatic carbocycles. The Bertz CT molecular complexity index is 712. The van der Waals surface area contributed by atoms with Gasteiger partial charge in [-0.25, -0.2) is 4.79 Å². The van der Waals surface area contributed by atoms with Crippen LogP contribution < -0.4 is 11.2 Å². The van der Waals surface area contributed by atoms with Crippen molar-refractivity contribution in [1.29, 1.82) is 0 Å². The van der Waals surface area contributed by atoms with Gasteiger partial charge in [-0.15, -0.1) is 0 Å². The zero-order chi connectivity index (χ0) is 14.2. The highest BCUT2D eigenvalue weighted by molar-refractivity contribution is 7.85. The van der Waals surface area contributed by atoms with Crippen LogP contribution in [0.1, 0.15) is 13.3 Å². The number of rotatable bonds is 4. The fourth-order valence-electron chi connectivity index (χ4n) is 1.93. The summed E-state index contributed by atoms with van der Waals surface area (Å²) >= 11 is 8.67. The van der Waals surface area contributed by atoms with Crippen molar-refractivity contribution in [3.8, 4) is 0 Å². The number of H-pyrrole nitrogens is 1.